The first-order valence-corrected chi connectivity index (χ1v) is 6.44. The van der Waals surface area contributed by atoms with Crippen molar-refractivity contribution < 1.29 is 19.4 Å². The van der Waals surface area contributed by atoms with Crippen molar-refractivity contribution in [2.75, 3.05) is 13.2 Å². The van der Waals surface area contributed by atoms with E-state index in [1.54, 1.807) is 0 Å². The van der Waals surface area contributed by atoms with Crippen molar-refractivity contribution in [2.24, 2.45) is 5.73 Å². The summed E-state index contributed by atoms with van der Waals surface area (Å²) in [6.07, 6.45) is 0.460. The minimum Gasteiger partial charge on any atom is -0.490 e. The number of aliphatic carboxylic acids is 1. The van der Waals surface area contributed by atoms with E-state index >= 15 is 0 Å². The fraction of sp³-hybridized carbons (Fsp3) is 0.500. The topological polar surface area (TPSA) is 81.8 Å². The molecule has 1 aromatic rings. The summed E-state index contributed by atoms with van der Waals surface area (Å²) in [7, 11) is 0. The van der Waals surface area contributed by atoms with Crippen molar-refractivity contribution in [1.29, 1.82) is 0 Å². The summed E-state index contributed by atoms with van der Waals surface area (Å²) < 4.78 is 11.0. The first kappa shape index (κ1) is 13.7. The van der Waals surface area contributed by atoms with Gasteiger partial charge in [0.25, 0.3) is 0 Å². The Morgan fingerprint density at radius 1 is 1.37 bits per heavy atom. The van der Waals surface area contributed by atoms with Crippen molar-refractivity contribution in [2.45, 2.75) is 31.7 Å². The molecule has 0 radical (unpaired) electrons. The lowest BCUT2D eigenvalue weighted by atomic mass is 10.1. The minimum absolute atomic E-state index is 0.153. The van der Waals surface area contributed by atoms with Gasteiger partial charge in [-0.25, -0.2) is 0 Å². The molecule has 1 aromatic carbocycles. The second kappa shape index (κ2) is 5.09. The molecule has 104 valence electrons. The van der Waals surface area contributed by atoms with Crippen LogP contribution in [0, 0.1) is 0 Å². The highest BCUT2D eigenvalue weighted by Gasteiger charge is 2.58. The summed E-state index contributed by atoms with van der Waals surface area (Å²) in [4.78, 5) is 11.1. The van der Waals surface area contributed by atoms with Gasteiger partial charge in [-0.05, 0) is 38.0 Å². The Kier molecular flexibility index (Phi) is 3.66. The Balaban J connectivity index is 2.24. The molecule has 5 nitrogen and oxygen atoms in total. The third-order valence-electron chi connectivity index (χ3n) is 3.37. The van der Waals surface area contributed by atoms with Crippen LogP contribution in [0.2, 0.25) is 0 Å². The number of rotatable bonds is 6. The third-order valence-corrected chi connectivity index (χ3v) is 3.37. The van der Waals surface area contributed by atoms with Crippen LogP contribution in [0.4, 0.5) is 0 Å². The van der Waals surface area contributed by atoms with Crippen LogP contribution in [0.1, 0.15) is 31.7 Å². The highest BCUT2D eigenvalue weighted by molar-refractivity contribution is 5.85. The first-order valence-electron chi connectivity index (χ1n) is 6.44. The largest absolute Gasteiger partial charge is 0.490 e. The molecule has 3 N–H and O–H groups in total. The SMILES string of the molecule is CCOc1ccc(C2CC2(N)C(=O)O)cc1OCC. The summed E-state index contributed by atoms with van der Waals surface area (Å²) in [5.74, 6) is 0.206. The van der Waals surface area contributed by atoms with Crippen molar-refractivity contribution >= 4 is 5.97 Å². The smallest absolute Gasteiger partial charge is 0.324 e. The van der Waals surface area contributed by atoms with Crippen LogP contribution >= 0.6 is 0 Å². The Bertz CT molecular complexity index is 488. The van der Waals surface area contributed by atoms with Crippen molar-refractivity contribution in [3.05, 3.63) is 23.8 Å². The number of benzene rings is 1. The van der Waals surface area contributed by atoms with Gasteiger partial charge < -0.3 is 20.3 Å². The summed E-state index contributed by atoms with van der Waals surface area (Å²) >= 11 is 0. The number of hydrogen-bond donors (Lipinski definition) is 2. The molecule has 0 bridgehead atoms. The molecule has 0 spiro atoms. The average Bonchev–Trinajstić information content (AvgIpc) is 3.06. The Morgan fingerprint density at radius 2 is 2.00 bits per heavy atom. The van der Waals surface area contributed by atoms with Gasteiger partial charge in [0.2, 0.25) is 0 Å². The molecular weight excluding hydrogens is 246 g/mol. The van der Waals surface area contributed by atoms with E-state index in [1.165, 1.54) is 0 Å². The third kappa shape index (κ3) is 2.51. The maximum Gasteiger partial charge on any atom is 0.324 e. The van der Waals surface area contributed by atoms with E-state index in [1.807, 2.05) is 32.0 Å². The minimum atomic E-state index is -1.13. The predicted molar refractivity (Wildman–Crippen MR) is 70.7 cm³/mol. The molecule has 19 heavy (non-hydrogen) atoms. The maximum atomic E-state index is 11.1. The molecule has 1 fully saturated rings. The molecule has 2 rings (SSSR count). The zero-order chi connectivity index (χ0) is 14.0. The quantitative estimate of drug-likeness (QED) is 0.819. The number of carbonyl (C=O) groups is 1. The molecule has 0 aromatic heterocycles. The van der Waals surface area contributed by atoms with Gasteiger partial charge in [0.15, 0.2) is 11.5 Å². The van der Waals surface area contributed by atoms with Gasteiger partial charge in [-0.2, -0.15) is 0 Å². The lowest BCUT2D eigenvalue weighted by Crippen LogP contribution is -2.34. The van der Waals surface area contributed by atoms with E-state index in [4.69, 9.17) is 20.3 Å². The van der Waals surface area contributed by atoms with Gasteiger partial charge in [-0.1, -0.05) is 6.07 Å². The Morgan fingerprint density at radius 3 is 2.53 bits per heavy atom. The molecule has 0 aliphatic heterocycles. The number of carboxylic acids is 1. The van der Waals surface area contributed by atoms with Gasteiger partial charge >= 0.3 is 5.97 Å². The molecular formula is C14H19NO4. The van der Waals surface area contributed by atoms with Crippen LogP contribution in [0.25, 0.3) is 0 Å². The van der Waals surface area contributed by atoms with E-state index in [9.17, 15) is 4.79 Å². The molecule has 0 saturated heterocycles. The normalized spacial score (nSPS) is 24.9. The lowest BCUT2D eigenvalue weighted by molar-refractivity contribution is -0.139. The molecule has 5 heteroatoms. The van der Waals surface area contributed by atoms with Crippen LogP contribution in [-0.4, -0.2) is 29.8 Å². The van der Waals surface area contributed by atoms with Crippen LogP contribution in [0.3, 0.4) is 0 Å². The predicted octanol–water partition coefficient (Wildman–Crippen LogP) is 1.75. The fourth-order valence-electron chi connectivity index (χ4n) is 2.21. The number of ether oxygens (including phenoxy) is 2. The Labute approximate surface area is 112 Å². The maximum absolute atomic E-state index is 11.1. The number of nitrogens with two attached hydrogens (primary N) is 1. The van der Waals surface area contributed by atoms with Gasteiger partial charge in [-0.3, -0.25) is 4.79 Å². The van der Waals surface area contributed by atoms with Gasteiger partial charge in [0, 0.05) is 5.92 Å². The highest BCUT2D eigenvalue weighted by atomic mass is 16.5. The molecule has 1 saturated carbocycles. The highest BCUT2D eigenvalue weighted by Crippen LogP contribution is 2.50. The second-order valence-electron chi connectivity index (χ2n) is 4.67. The zero-order valence-corrected chi connectivity index (χ0v) is 11.2. The van der Waals surface area contributed by atoms with Gasteiger partial charge in [-0.15, -0.1) is 0 Å². The van der Waals surface area contributed by atoms with E-state index < -0.39 is 11.5 Å². The van der Waals surface area contributed by atoms with Gasteiger partial charge in [0.1, 0.15) is 5.54 Å². The number of hydrogen-bond acceptors (Lipinski definition) is 4. The van der Waals surface area contributed by atoms with Crippen molar-refractivity contribution in [1.82, 2.24) is 0 Å². The van der Waals surface area contributed by atoms with E-state index in [2.05, 4.69) is 0 Å². The molecule has 2 unspecified atom stereocenters. The lowest BCUT2D eigenvalue weighted by Gasteiger charge is -2.13. The van der Waals surface area contributed by atoms with Crippen molar-refractivity contribution in [3.8, 4) is 11.5 Å². The van der Waals surface area contributed by atoms with Crippen LogP contribution in [-0.2, 0) is 4.79 Å². The van der Waals surface area contributed by atoms with Crippen LogP contribution in [0.5, 0.6) is 11.5 Å². The molecule has 0 amide bonds. The summed E-state index contributed by atoms with van der Waals surface area (Å²) in [6, 6.07) is 5.50. The molecule has 0 heterocycles. The summed E-state index contributed by atoms with van der Waals surface area (Å²) in [5.41, 5.74) is 5.57. The standard InChI is InChI=1S/C14H19NO4/c1-3-18-11-6-5-9(7-12(11)19-4-2)10-8-14(10,15)13(16)17/h5-7,10H,3-4,8,15H2,1-2H3,(H,16,17). The van der Waals surface area contributed by atoms with E-state index in [0.717, 1.165) is 5.56 Å². The second-order valence-corrected chi connectivity index (χ2v) is 4.67. The van der Waals surface area contributed by atoms with Crippen molar-refractivity contribution in [3.63, 3.8) is 0 Å². The van der Waals surface area contributed by atoms with E-state index in [0.29, 0.717) is 31.1 Å². The summed E-state index contributed by atoms with van der Waals surface area (Å²) in [6.45, 7) is 4.88. The van der Waals surface area contributed by atoms with Gasteiger partial charge in [0.05, 0.1) is 13.2 Å². The fourth-order valence-corrected chi connectivity index (χ4v) is 2.21. The monoisotopic (exact) mass is 265 g/mol. The molecule has 2 atom stereocenters. The van der Waals surface area contributed by atoms with Crippen LogP contribution in [0.15, 0.2) is 18.2 Å². The molecule has 1 aliphatic rings. The zero-order valence-electron chi connectivity index (χ0n) is 11.2. The molecule has 1 aliphatic carbocycles. The van der Waals surface area contributed by atoms with E-state index in [-0.39, 0.29) is 5.92 Å². The average molecular weight is 265 g/mol. The Hall–Kier alpha value is -1.75. The first-order chi connectivity index (χ1) is 9.02. The van der Waals surface area contributed by atoms with Crippen LogP contribution < -0.4 is 15.2 Å². The summed E-state index contributed by atoms with van der Waals surface area (Å²) in [5, 5.41) is 9.07. The number of carboxylic acid groups (broad SMARTS) is 1.